The number of amides is 1. The van der Waals surface area contributed by atoms with Crippen LogP contribution in [-0.2, 0) is 17.8 Å². The summed E-state index contributed by atoms with van der Waals surface area (Å²) in [5.74, 6) is 0. The molecule has 1 fully saturated rings. The van der Waals surface area contributed by atoms with E-state index in [9.17, 15) is 14.5 Å². The summed E-state index contributed by atoms with van der Waals surface area (Å²) in [6, 6.07) is 0. The van der Waals surface area contributed by atoms with Gasteiger partial charge in [0.1, 0.15) is 27.5 Å². The Morgan fingerprint density at radius 1 is 1.33 bits per heavy atom. The second-order valence-electron chi connectivity index (χ2n) is 7.38. The molecule has 3 rings (SSSR count). The van der Waals surface area contributed by atoms with Gasteiger partial charge in [-0.1, -0.05) is 4.40 Å². The first-order chi connectivity index (χ1) is 11.2. The van der Waals surface area contributed by atoms with Crippen molar-refractivity contribution in [1.82, 2.24) is 14.9 Å². The number of piperidine rings is 1. The van der Waals surface area contributed by atoms with Crippen LogP contribution in [-0.4, -0.2) is 54.2 Å². The molecule has 1 aromatic rings. The van der Waals surface area contributed by atoms with Crippen LogP contribution in [0.5, 0.6) is 0 Å². The second kappa shape index (κ2) is 6.00. The van der Waals surface area contributed by atoms with Crippen LogP contribution in [0.15, 0.2) is 16.8 Å². The van der Waals surface area contributed by atoms with Crippen molar-refractivity contribution >= 4 is 23.2 Å². The quantitative estimate of drug-likeness (QED) is 0.781. The van der Waals surface area contributed by atoms with Crippen molar-refractivity contribution in [3.8, 4) is 0 Å². The molecule has 1 spiro atoms. The molecule has 7 nitrogen and oxygen atoms in total. The number of likely N-dealkylation sites (tertiary alicyclic amines) is 1. The van der Waals surface area contributed by atoms with Crippen molar-refractivity contribution in [2.24, 2.45) is 9.81 Å². The summed E-state index contributed by atoms with van der Waals surface area (Å²) in [6.45, 7) is 6.56. The van der Waals surface area contributed by atoms with Gasteiger partial charge >= 0.3 is 6.09 Å². The highest BCUT2D eigenvalue weighted by Crippen LogP contribution is 2.44. The van der Waals surface area contributed by atoms with Gasteiger partial charge in [0, 0.05) is 37.3 Å². The van der Waals surface area contributed by atoms with Crippen molar-refractivity contribution in [2.45, 2.75) is 44.8 Å². The van der Waals surface area contributed by atoms with Gasteiger partial charge in [0.05, 0.1) is 5.69 Å². The van der Waals surface area contributed by atoms with Crippen LogP contribution in [0.25, 0.3) is 0 Å². The van der Waals surface area contributed by atoms with Crippen LogP contribution in [0.3, 0.4) is 0 Å². The van der Waals surface area contributed by atoms with Gasteiger partial charge in [-0.3, -0.25) is 9.97 Å². The molecule has 0 saturated carbocycles. The first-order valence-corrected chi connectivity index (χ1v) is 9.13. The fourth-order valence-corrected chi connectivity index (χ4v) is 3.97. The zero-order chi connectivity index (χ0) is 17.5. The standard InChI is InChI=1S/C16H22N4O3S/c1-15(2,3)24(23)19-13-12-11(17-6-7-18-12)10-16(13)4-8-20(9-5-16)14(21)22/h6-7H,4-5,8-10H2,1-3H3,(H,21,22)/b19-13+/t24-/m1/s1. The Hall–Kier alpha value is -1.67. The summed E-state index contributed by atoms with van der Waals surface area (Å²) in [7, 11) is 0. The molecule has 24 heavy (non-hydrogen) atoms. The van der Waals surface area contributed by atoms with Gasteiger partial charge in [-0.2, -0.15) is 0 Å². The molecule has 1 aliphatic heterocycles. The zero-order valence-electron chi connectivity index (χ0n) is 14.2. The SMILES string of the molecule is CC(C)(C)[S@@+]([O-])/N=C1\c2nccnc2CC12CCN(C(=O)O)CC2. The Bertz CT molecular complexity index is 678. The summed E-state index contributed by atoms with van der Waals surface area (Å²) in [5.41, 5.74) is 2.02. The Kier molecular flexibility index (Phi) is 4.29. The maximum Gasteiger partial charge on any atom is 0.407 e. The molecule has 0 aromatic carbocycles. The van der Waals surface area contributed by atoms with Gasteiger partial charge in [-0.15, -0.1) is 0 Å². The fourth-order valence-electron chi connectivity index (χ4n) is 3.25. The minimum absolute atomic E-state index is 0.309. The Morgan fingerprint density at radius 2 is 1.96 bits per heavy atom. The largest absolute Gasteiger partial charge is 0.591 e. The molecule has 1 aromatic heterocycles. The number of rotatable bonds is 1. The van der Waals surface area contributed by atoms with E-state index in [-0.39, 0.29) is 5.41 Å². The normalized spacial score (nSPS) is 22.7. The summed E-state index contributed by atoms with van der Waals surface area (Å²) >= 11 is -1.39. The Labute approximate surface area is 144 Å². The predicted octanol–water partition coefficient (Wildman–Crippen LogP) is 2.04. The first kappa shape index (κ1) is 17.2. The third-order valence-electron chi connectivity index (χ3n) is 4.70. The van der Waals surface area contributed by atoms with Crippen molar-refractivity contribution in [3.05, 3.63) is 23.8 Å². The Morgan fingerprint density at radius 3 is 2.54 bits per heavy atom. The van der Waals surface area contributed by atoms with Crippen LogP contribution in [0.2, 0.25) is 0 Å². The van der Waals surface area contributed by atoms with E-state index in [4.69, 9.17) is 0 Å². The molecule has 0 bridgehead atoms. The number of carboxylic acid groups (broad SMARTS) is 1. The van der Waals surface area contributed by atoms with Gasteiger partial charge in [0.25, 0.3) is 0 Å². The molecular weight excluding hydrogens is 328 g/mol. The lowest BCUT2D eigenvalue weighted by Crippen LogP contribution is -2.46. The van der Waals surface area contributed by atoms with E-state index < -0.39 is 22.2 Å². The summed E-state index contributed by atoms with van der Waals surface area (Å²) in [4.78, 5) is 21.4. The lowest BCUT2D eigenvalue weighted by atomic mass is 9.75. The minimum atomic E-state index is -1.39. The number of carbonyl (C=O) groups is 1. The summed E-state index contributed by atoms with van der Waals surface area (Å²) < 4.78 is 16.7. The minimum Gasteiger partial charge on any atom is -0.591 e. The van der Waals surface area contributed by atoms with E-state index in [1.54, 1.807) is 12.4 Å². The zero-order valence-corrected chi connectivity index (χ0v) is 15.0. The van der Waals surface area contributed by atoms with E-state index >= 15 is 0 Å². The Balaban J connectivity index is 1.98. The third-order valence-corrected chi connectivity index (χ3v) is 6.09. The molecule has 0 radical (unpaired) electrons. The van der Waals surface area contributed by atoms with Gasteiger partial charge in [-0.05, 0) is 33.6 Å². The molecule has 8 heteroatoms. The van der Waals surface area contributed by atoms with Gasteiger partial charge in [0.2, 0.25) is 0 Å². The van der Waals surface area contributed by atoms with E-state index in [1.165, 1.54) is 4.90 Å². The van der Waals surface area contributed by atoms with Crippen LogP contribution in [0.4, 0.5) is 4.79 Å². The number of aromatic nitrogens is 2. The van der Waals surface area contributed by atoms with Crippen molar-refractivity contribution < 1.29 is 14.5 Å². The average Bonchev–Trinajstić information content (AvgIpc) is 2.80. The number of nitrogens with zero attached hydrogens (tertiary/aromatic N) is 4. The molecule has 130 valence electrons. The van der Waals surface area contributed by atoms with Crippen LogP contribution in [0.1, 0.15) is 45.0 Å². The summed E-state index contributed by atoms with van der Waals surface area (Å²) in [6.07, 6.45) is 4.37. The third kappa shape index (κ3) is 3.00. The molecule has 1 aliphatic carbocycles. The highest BCUT2D eigenvalue weighted by molar-refractivity contribution is 7.91. The van der Waals surface area contributed by atoms with Gasteiger partial charge < -0.3 is 14.6 Å². The summed E-state index contributed by atoms with van der Waals surface area (Å²) in [5, 5.41) is 9.18. The molecule has 2 heterocycles. The number of hydrogen-bond acceptors (Lipinski definition) is 5. The maximum absolute atomic E-state index is 12.6. The highest BCUT2D eigenvalue weighted by atomic mass is 32.2. The molecule has 1 amide bonds. The van der Waals surface area contributed by atoms with Gasteiger partial charge in [0.15, 0.2) is 0 Å². The predicted molar refractivity (Wildman–Crippen MR) is 91.4 cm³/mol. The molecule has 2 aliphatic rings. The molecule has 1 N–H and O–H groups in total. The first-order valence-electron chi connectivity index (χ1n) is 8.02. The van der Waals surface area contributed by atoms with Crippen molar-refractivity contribution in [2.75, 3.05) is 13.1 Å². The molecule has 1 saturated heterocycles. The topological polar surface area (TPSA) is 102 Å². The van der Waals surface area contributed by atoms with Crippen molar-refractivity contribution in [1.29, 1.82) is 0 Å². The van der Waals surface area contributed by atoms with Crippen LogP contribution in [0, 0.1) is 5.41 Å². The van der Waals surface area contributed by atoms with E-state index in [1.807, 2.05) is 20.8 Å². The fraction of sp³-hybridized carbons (Fsp3) is 0.625. The number of fused-ring (bicyclic) bond motifs is 1. The van der Waals surface area contributed by atoms with Crippen LogP contribution < -0.4 is 0 Å². The lowest BCUT2D eigenvalue weighted by molar-refractivity contribution is 0.114. The van der Waals surface area contributed by atoms with Crippen molar-refractivity contribution in [3.63, 3.8) is 0 Å². The lowest BCUT2D eigenvalue weighted by Gasteiger charge is -2.38. The maximum atomic E-state index is 12.6. The van der Waals surface area contributed by atoms with Crippen LogP contribution >= 0.6 is 0 Å². The average molecular weight is 350 g/mol. The van der Waals surface area contributed by atoms with E-state index in [0.29, 0.717) is 32.4 Å². The smallest absolute Gasteiger partial charge is 0.407 e. The van der Waals surface area contributed by atoms with E-state index in [0.717, 1.165) is 17.1 Å². The second-order valence-corrected chi connectivity index (χ2v) is 9.29. The molecular formula is C16H22N4O3S. The molecule has 1 atom stereocenters. The van der Waals surface area contributed by atoms with E-state index in [2.05, 4.69) is 14.4 Å². The molecule has 0 unspecified atom stereocenters. The number of hydrogen-bond donors (Lipinski definition) is 1. The highest BCUT2D eigenvalue weighted by Gasteiger charge is 2.49. The van der Waals surface area contributed by atoms with Gasteiger partial charge in [-0.25, -0.2) is 4.79 Å². The monoisotopic (exact) mass is 350 g/mol.